The molecule has 0 fully saturated rings. The van der Waals surface area contributed by atoms with Crippen molar-refractivity contribution < 1.29 is 9.53 Å². The van der Waals surface area contributed by atoms with Gasteiger partial charge in [0, 0.05) is 55.7 Å². The molecule has 2 aromatic rings. The Morgan fingerprint density at radius 1 is 1.03 bits per heavy atom. The van der Waals surface area contributed by atoms with Crippen LogP contribution in [0.4, 0.5) is 4.79 Å². The molecule has 2 aliphatic rings. The van der Waals surface area contributed by atoms with Crippen molar-refractivity contribution in [2.24, 2.45) is 11.5 Å². The third-order valence-electron chi connectivity index (χ3n) is 5.21. The number of carbonyl (C=O) groups is 1. The van der Waals surface area contributed by atoms with Crippen molar-refractivity contribution in [3.05, 3.63) is 83.7 Å². The van der Waals surface area contributed by atoms with Crippen LogP contribution in [-0.2, 0) is 4.74 Å². The van der Waals surface area contributed by atoms with Crippen LogP contribution < -0.4 is 16.8 Å². The maximum absolute atomic E-state index is 12.3. The lowest BCUT2D eigenvalue weighted by Gasteiger charge is -2.35. The van der Waals surface area contributed by atoms with Gasteiger partial charge in [-0.1, -0.05) is 12.1 Å². The average Bonchev–Trinajstić information content (AvgIpc) is 2.79. The summed E-state index contributed by atoms with van der Waals surface area (Å²) in [5.74, 6) is 0. The highest BCUT2D eigenvalue weighted by atomic mass is 16.6. The Bertz CT molecular complexity index is 969. The van der Waals surface area contributed by atoms with Gasteiger partial charge in [-0.3, -0.25) is 14.9 Å². The fourth-order valence-corrected chi connectivity index (χ4v) is 3.62. The van der Waals surface area contributed by atoms with E-state index < -0.39 is 5.60 Å². The van der Waals surface area contributed by atoms with Gasteiger partial charge in [-0.25, -0.2) is 4.79 Å². The SMILES string of the molecule is CC(C)(C)OC(=O)N1CCC(N)=CC1c1cccnc1.NC1=CC(c2cccnc2)NCC1. The second-order valence-electron chi connectivity index (χ2n) is 9.11. The largest absolute Gasteiger partial charge is 0.444 e. The van der Waals surface area contributed by atoms with Gasteiger partial charge in [0.1, 0.15) is 5.60 Å². The van der Waals surface area contributed by atoms with Gasteiger partial charge in [-0.2, -0.15) is 0 Å². The van der Waals surface area contributed by atoms with Gasteiger partial charge in [0.25, 0.3) is 0 Å². The fourth-order valence-electron chi connectivity index (χ4n) is 3.62. The summed E-state index contributed by atoms with van der Waals surface area (Å²) in [4.78, 5) is 22.2. The van der Waals surface area contributed by atoms with Crippen molar-refractivity contribution in [2.45, 2.75) is 51.3 Å². The van der Waals surface area contributed by atoms with Crippen molar-refractivity contribution in [3.63, 3.8) is 0 Å². The summed E-state index contributed by atoms with van der Waals surface area (Å²) in [7, 11) is 0. The maximum atomic E-state index is 12.3. The first kappa shape index (κ1) is 24.3. The van der Waals surface area contributed by atoms with Crippen molar-refractivity contribution in [1.29, 1.82) is 0 Å². The summed E-state index contributed by atoms with van der Waals surface area (Å²) >= 11 is 0. The van der Waals surface area contributed by atoms with Crippen LogP contribution in [0.5, 0.6) is 0 Å². The number of hydrogen-bond acceptors (Lipinski definition) is 7. The van der Waals surface area contributed by atoms with Crippen LogP contribution >= 0.6 is 0 Å². The zero-order valence-electron chi connectivity index (χ0n) is 19.6. The van der Waals surface area contributed by atoms with E-state index in [-0.39, 0.29) is 18.2 Å². The molecule has 5 N–H and O–H groups in total. The van der Waals surface area contributed by atoms with Crippen LogP contribution in [0, 0.1) is 0 Å². The standard InChI is InChI=1S/C15H21N3O2.C10H13N3/c1-15(2,3)20-14(19)18-8-6-12(16)9-13(18)11-5-4-7-17-10-11;11-9-3-5-13-10(6-9)8-2-1-4-12-7-8/h4-5,7,9-10,13H,6,8,16H2,1-3H3;1-2,4,6-7,10,13H,3,5,11H2. The van der Waals surface area contributed by atoms with Crippen LogP contribution in [0.15, 0.2) is 72.6 Å². The molecule has 0 bridgehead atoms. The Balaban J connectivity index is 0.000000203. The van der Waals surface area contributed by atoms with Crippen molar-refractivity contribution in [3.8, 4) is 0 Å². The quantitative estimate of drug-likeness (QED) is 0.640. The molecule has 0 aliphatic carbocycles. The van der Waals surface area contributed by atoms with E-state index in [4.69, 9.17) is 16.2 Å². The average molecular weight is 451 g/mol. The Morgan fingerprint density at radius 2 is 1.67 bits per heavy atom. The van der Waals surface area contributed by atoms with Crippen molar-refractivity contribution in [1.82, 2.24) is 20.2 Å². The number of ether oxygens (including phenoxy) is 1. The van der Waals surface area contributed by atoms with Gasteiger partial charge in [0.05, 0.1) is 12.1 Å². The zero-order valence-corrected chi connectivity index (χ0v) is 19.6. The molecule has 4 heterocycles. The van der Waals surface area contributed by atoms with E-state index in [0.29, 0.717) is 13.0 Å². The summed E-state index contributed by atoms with van der Waals surface area (Å²) < 4.78 is 5.46. The Labute approximate surface area is 195 Å². The molecule has 0 saturated carbocycles. The lowest BCUT2D eigenvalue weighted by atomic mass is 10.0. The van der Waals surface area contributed by atoms with E-state index in [1.54, 1.807) is 23.5 Å². The first-order valence-corrected chi connectivity index (χ1v) is 11.2. The number of pyridine rings is 2. The van der Waals surface area contributed by atoms with Gasteiger partial charge in [0.15, 0.2) is 0 Å². The molecule has 8 nitrogen and oxygen atoms in total. The fraction of sp³-hybridized carbons (Fsp3) is 0.400. The van der Waals surface area contributed by atoms with Crippen LogP contribution in [0.2, 0.25) is 0 Å². The molecule has 1 amide bonds. The molecule has 0 radical (unpaired) electrons. The summed E-state index contributed by atoms with van der Waals surface area (Å²) in [6, 6.07) is 7.80. The molecule has 0 aromatic carbocycles. The van der Waals surface area contributed by atoms with Gasteiger partial charge in [0.2, 0.25) is 0 Å². The molecule has 2 atom stereocenters. The van der Waals surface area contributed by atoms with Crippen molar-refractivity contribution >= 4 is 6.09 Å². The molecule has 2 aromatic heterocycles. The van der Waals surface area contributed by atoms with Crippen LogP contribution in [0.3, 0.4) is 0 Å². The van der Waals surface area contributed by atoms with Crippen LogP contribution in [-0.4, -0.2) is 39.7 Å². The number of aromatic nitrogens is 2. The molecule has 2 unspecified atom stereocenters. The van der Waals surface area contributed by atoms with Gasteiger partial charge >= 0.3 is 6.09 Å². The molecule has 4 rings (SSSR count). The van der Waals surface area contributed by atoms with Crippen LogP contribution in [0.1, 0.15) is 56.8 Å². The van der Waals surface area contributed by atoms with Gasteiger partial charge in [-0.05, 0) is 62.6 Å². The summed E-state index contributed by atoms with van der Waals surface area (Å²) in [6.45, 7) is 7.08. The van der Waals surface area contributed by atoms with Crippen molar-refractivity contribution in [2.75, 3.05) is 13.1 Å². The molecular weight excluding hydrogens is 416 g/mol. The minimum absolute atomic E-state index is 0.215. The van der Waals surface area contributed by atoms with E-state index in [9.17, 15) is 4.79 Å². The number of rotatable bonds is 2. The molecule has 2 aliphatic heterocycles. The molecular formula is C25H34N6O2. The first-order chi connectivity index (χ1) is 15.7. The smallest absolute Gasteiger partial charge is 0.411 e. The highest BCUT2D eigenvalue weighted by Gasteiger charge is 2.30. The van der Waals surface area contributed by atoms with E-state index >= 15 is 0 Å². The number of hydrogen-bond donors (Lipinski definition) is 3. The molecule has 176 valence electrons. The van der Waals surface area contributed by atoms with E-state index in [0.717, 1.165) is 29.9 Å². The lowest BCUT2D eigenvalue weighted by Crippen LogP contribution is -2.41. The number of nitrogens with zero attached hydrogens (tertiary/aromatic N) is 3. The van der Waals surface area contributed by atoms with Gasteiger partial charge in [-0.15, -0.1) is 0 Å². The normalized spacial score (nSPS) is 20.6. The summed E-state index contributed by atoms with van der Waals surface area (Å²) in [5.41, 5.74) is 15.0. The molecule has 8 heteroatoms. The number of nitrogens with one attached hydrogen (secondary N) is 1. The number of amides is 1. The highest BCUT2D eigenvalue weighted by Crippen LogP contribution is 2.28. The minimum atomic E-state index is -0.511. The predicted octanol–water partition coefficient (Wildman–Crippen LogP) is 3.56. The van der Waals surface area contributed by atoms with Gasteiger partial charge < -0.3 is 21.5 Å². The molecule has 33 heavy (non-hydrogen) atoms. The third kappa shape index (κ3) is 7.32. The molecule has 0 saturated heterocycles. The van der Waals surface area contributed by atoms with E-state index in [1.165, 1.54) is 5.56 Å². The monoisotopic (exact) mass is 450 g/mol. The number of nitrogens with two attached hydrogens (primary N) is 2. The Morgan fingerprint density at radius 3 is 2.24 bits per heavy atom. The predicted molar refractivity (Wildman–Crippen MR) is 129 cm³/mol. The second kappa shape index (κ2) is 11.0. The topological polar surface area (TPSA) is 119 Å². The highest BCUT2D eigenvalue weighted by molar-refractivity contribution is 5.69. The van der Waals surface area contributed by atoms with E-state index in [2.05, 4.69) is 27.4 Å². The maximum Gasteiger partial charge on any atom is 0.411 e. The van der Waals surface area contributed by atoms with E-state index in [1.807, 2.05) is 51.2 Å². The number of carbonyl (C=O) groups excluding carboxylic acids is 1. The summed E-state index contributed by atoms with van der Waals surface area (Å²) in [5, 5.41) is 3.37. The lowest BCUT2D eigenvalue weighted by molar-refractivity contribution is 0.0186. The summed E-state index contributed by atoms with van der Waals surface area (Å²) in [6.07, 6.45) is 12.3. The Hall–Kier alpha value is -3.39. The first-order valence-electron chi connectivity index (χ1n) is 11.2. The Kier molecular flexibility index (Phi) is 8.06. The zero-order chi connectivity index (χ0) is 23.8. The molecule has 0 spiro atoms. The third-order valence-corrected chi connectivity index (χ3v) is 5.21. The minimum Gasteiger partial charge on any atom is -0.444 e. The second-order valence-corrected chi connectivity index (χ2v) is 9.11. The van der Waals surface area contributed by atoms with Crippen LogP contribution in [0.25, 0.3) is 0 Å².